The average molecular weight is 330 g/mol. The fourth-order valence-electron chi connectivity index (χ4n) is 2.80. The number of nitriles is 1. The number of ether oxygens (including phenoxy) is 1. The maximum Gasteiger partial charge on any atom is 0.264 e. The Labute approximate surface area is 146 Å². The van der Waals surface area contributed by atoms with E-state index in [1.165, 1.54) is 0 Å². The molecule has 4 nitrogen and oxygen atoms in total. The Balaban J connectivity index is 1.80. The SMILES string of the molecule is CCN(C(=O)COc1cccc(C#N)c1)c1cccc2ccccc12. The van der Waals surface area contributed by atoms with E-state index in [1.807, 2.05) is 49.4 Å². The molecule has 3 aromatic rings. The van der Waals surface area contributed by atoms with Gasteiger partial charge >= 0.3 is 0 Å². The van der Waals surface area contributed by atoms with Crippen molar-refractivity contribution >= 4 is 22.4 Å². The van der Waals surface area contributed by atoms with Crippen LogP contribution in [0.4, 0.5) is 5.69 Å². The minimum Gasteiger partial charge on any atom is -0.484 e. The number of anilines is 1. The highest BCUT2D eigenvalue weighted by Gasteiger charge is 2.16. The maximum atomic E-state index is 12.7. The van der Waals surface area contributed by atoms with Crippen LogP contribution in [0.2, 0.25) is 0 Å². The van der Waals surface area contributed by atoms with Crippen LogP contribution in [0.25, 0.3) is 10.8 Å². The van der Waals surface area contributed by atoms with Crippen LogP contribution in [0.3, 0.4) is 0 Å². The summed E-state index contributed by atoms with van der Waals surface area (Å²) in [5, 5.41) is 11.1. The van der Waals surface area contributed by atoms with E-state index in [9.17, 15) is 4.79 Å². The van der Waals surface area contributed by atoms with Crippen molar-refractivity contribution in [2.75, 3.05) is 18.1 Å². The monoisotopic (exact) mass is 330 g/mol. The van der Waals surface area contributed by atoms with Gasteiger partial charge in [0.2, 0.25) is 0 Å². The molecule has 0 aromatic heterocycles. The van der Waals surface area contributed by atoms with Gasteiger partial charge in [-0.15, -0.1) is 0 Å². The number of hydrogen-bond acceptors (Lipinski definition) is 3. The number of carbonyl (C=O) groups is 1. The van der Waals surface area contributed by atoms with Gasteiger partial charge in [0.05, 0.1) is 17.3 Å². The van der Waals surface area contributed by atoms with Gasteiger partial charge in [-0.05, 0) is 36.6 Å². The molecule has 25 heavy (non-hydrogen) atoms. The van der Waals surface area contributed by atoms with Gasteiger partial charge in [0, 0.05) is 11.9 Å². The van der Waals surface area contributed by atoms with Gasteiger partial charge in [0.25, 0.3) is 5.91 Å². The fourth-order valence-corrected chi connectivity index (χ4v) is 2.80. The predicted octanol–water partition coefficient (Wildman–Crippen LogP) is 4.14. The van der Waals surface area contributed by atoms with E-state index in [0.717, 1.165) is 16.5 Å². The molecule has 124 valence electrons. The van der Waals surface area contributed by atoms with E-state index < -0.39 is 0 Å². The highest BCUT2D eigenvalue weighted by Crippen LogP contribution is 2.26. The second-order valence-electron chi connectivity index (χ2n) is 5.56. The molecule has 3 rings (SSSR count). The minimum absolute atomic E-state index is 0.0774. The summed E-state index contributed by atoms with van der Waals surface area (Å²) in [4.78, 5) is 14.4. The standard InChI is InChI=1S/C21H18N2O2/c1-2-23(20-12-6-9-17-8-3-4-11-19(17)20)21(24)15-25-18-10-5-7-16(13-18)14-22/h3-13H,2,15H2,1H3. The topological polar surface area (TPSA) is 53.3 Å². The van der Waals surface area contributed by atoms with E-state index in [-0.39, 0.29) is 12.5 Å². The molecule has 0 unspecified atom stereocenters. The van der Waals surface area contributed by atoms with Crippen LogP contribution in [-0.2, 0) is 4.79 Å². The van der Waals surface area contributed by atoms with Crippen LogP contribution in [-0.4, -0.2) is 19.1 Å². The van der Waals surface area contributed by atoms with E-state index >= 15 is 0 Å². The molecule has 0 aliphatic carbocycles. The summed E-state index contributed by atoms with van der Waals surface area (Å²) < 4.78 is 5.58. The van der Waals surface area contributed by atoms with Crippen LogP contribution in [0.1, 0.15) is 12.5 Å². The van der Waals surface area contributed by atoms with Gasteiger partial charge in [0.15, 0.2) is 6.61 Å². The first-order valence-electron chi connectivity index (χ1n) is 8.14. The third-order valence-corrected chi connectivity index (χ3v) is 4.00. The van der Waals surface area contributed by atoms with Crippen molar-refractivity contribution in [3.8, 4) is 11.8 Å². The molecule has 0 radical (unpaired) electrons. The van der Waals surface area contributed by atoms with Gasteiger partial charge in [-0.1, -0.05) is 42.5 Å². The fraction of sp³-hybridized carbons (Fsp3) is 0.143. The second-order valence-corrected chi connectivity index (χ2v) is 5.56. The summed E-state index contributed by atoms with van der Waals surface area (Å²) in [5.41, 5.74) is 1.38. The molecule has 0 bridgehead atoms. The molecule has 0 fully saturated rings. The highest BCUT2D eigenvalue weighted by molar-refractivity contribution is 6.04. The van der Waals surface area contributed by atoms with Crippen LogP contribution < -0.4 is 9.64 Å². The van der Waals surface area contributed by atoms with Crippen molar-refractivity contribution in [2.45, 2.75) is 6.92 Å². The summed E-state index contributed by atoms with van der Waals surface area (Å²) in [5.74, 6) is 0.391. The first kappa shape index (κ1) is 16.5. The van der Waals surface area contributed by atoms with Gasteiger partial charge in [-0.3, -0.25) is 4.79 Å². The third-order valence-electron chi connectivity index (χ3n) is 4.00. The van der Waals surface area contributed by atoms with Crippen molar-refractivity contribution in [1.82, 2.24) is 0 Å². The molecule has 0 N–H and O–H groups in total. The number of rotatable bonds is 5. The molecular weight excluding hydrogens is 312 g/mol. The average Bonchev–Trinajstić information content (AvgIpc) is 2.67. The lowest BCUT2D eigenvalue weighted by Crippen LogP contribution is -2.34. The number of fused-ring (bicyclic) bond motifs is 1. The lowest BCUT2D eigenvalue weighted by atomic mass is 10.1. The van der Waals surface area contributed by atoms with Crippen LogP contribution in [0, 0.1) is 11.3 Å². The molecule has 0 spiro atoms. The Hall–Kier alpha value is -3.32. The van der Waals surface area contributed by atoms with E-state index in [0.29, 0.717) is 17.9 Å². The Morgan fingerprint density at radius 3 is 2.64 bits per heavy atom. The quantitative estimate of drug-likeness (QED) is 0.706. The maximum absolute atomic E-state index is 12.7. The molecule has 1 amide bonds. The molecule has 0 saturated heterocycles. The summed E-state index contributed by atoms with van der Waals surface area (Å²) >= 11 is 0. The smallest absolute Gasteiger partial charge is 0.264 e. The zero-order valence-corrected chi connectivity index (χ0v) is 14.0. The van der Waals surface area contributed by atoms with E-state index in [4.69, 9.17) is 10.00 Å². The molecule has 4 heteroatoms. The molecule has 3 aromatic carbocycles. The van der Waals surface area contributed by atoms with Crippen LogP contribution >= 0.6 is 0 Å². The largest absolute Gasteiger partial charge is 0.484 e. The minimum atomic E-state index is -0.124. The molecule has 0 aliphatic rings. The molecule has 0 heterocycles. The molecule has 0 aliphatic heterocycles. The zero-order chi connectivity index (χ0) is 17.6. The van der Waals surface area contributed by atoms with Crippen molar-refractivity contribution in [3.05, 3.63) is 72.3 Å². The van der Waals surface area contributed by atoms with Crippen LogP contribution in [0.15, 0.2) is 66.7 Å². The van der Waals surface area contributed by atoms with Gasteiger partial charge in [0.1, 0.15) is 5.75 Å². The summed E-state index contributed by atoms with van der Waals surface area (Å²) in [7, 11) is 0. The number of carbonyl (C=O) groups excluding carboxylic acids is 1. The van der Waals surface area contributed by atoms with E-state index in [1.54, 1.807) is 29.2 Å². The van der Waals surface area contributed by atoms with Gasteiger partial charge < -0.3 is 9.64 Å². The van der Waals surface area contributed by atoms with Gasteiger partial charge in [-0.25, -0.2) is 0 Å². The normalized spacial score (nSPS) is 10.2. The summed E-state index contributed by atoms with van der Waals surface area (Å²) in [6.45, 7) is 2.41. The molecular formula is C21H18N2O2. The predicted molar refractivity (Wildman–Crippen MR) is 98.6 cm³/mol. The lowest BCUT2D eigenvalue weighted by molar-refractivity contribution is -0.120. The molecule has 0 atom stereocenters. The summed E-state index contributed by atoms with van der Waals surface area (Å²) in [6.07, 6.45) is 0. The Kier molecular flexibility index (Phi) is 4.96. The van der Waals surface area contributed by atoms with Crippen molar-refractivity contribution in [3.63, 3.8) is 0 Å². The third kappa shape index (κ3) is 3.61. The first-order valence-corrected chi connectivity index (χ1v) is 8.14. The second kappa shape index (κ2) is 7.50. The van der Waals surface area contributed by atoms with Crippen molar-refractivity contribution in [1.29, 1.82) is 5.26 Å². The zero-order valence-electron chi connectivity index (χ0n) is 14.0. The summed E-state index contributed by atoms with van der Waals surface area (Å²) in [6, 6.07) is 22.8. The van der Waals surface area contributed by atoms with Crippen LogP contribution in [0.5, 0.6) is 5.75 Å². The van der Waals surface area contributed by atoms with Crippen molar-refractivity contribution in [2.24, 2.45) is 0 Å². The highest BCUT2D eigenvalue weighted by atomic mass is 16.5. The number of amides is 1. The van der Waals surface area contributed by atoms with E-state index in [2.05, 4.69) is 6.07 Å². The molecule has 0 saturated carbocycles. The lowest BCUT2D eigenvalue weighted by Gasteiger charge is -2.23. The van der Waals surface area contributed by atoms with Crippen molar-refractivity contribution < 1.29 is 9.53 Å². The van der Waals surface area contributed by atoms with Gasteiger partial charge in [-0.2, -0.15) is 5.26 Å². The Morgan fingerprint density at radius 1 is 1.08 bits per heavy atom. The Bertz CT molecular complexity index is 939. The Morgan fingerprint density at radius 2 is 1.84 bits per heavy atom. The number of nitrogens with zero attached hydrogens (tertiary/aromatic N) is 2. The first-order chi connectivity index (χ1) is 12.2. The number of likely N-dealkylation sites (N-methyl/N-ethyl adjacent to an activating group) is 1. The number of benzene rings is 3. The number of hydrogen-bond donors (Lipinski definition) is 0.